The first kappa shape index (κ1) is 23.1. The first-order valence-corrected chi connectivity index (χ1v) is 12.4. The van der Waals surface area contributed by atoms with Crippen molar-refractivity contribution in [1.82, 2.24) is 24.8 Å². The first-order chi connectivity index (χ1) is 17.1. The Bertz CT molecular complexity index is 1290. The number of benzene rings is 2. The van der Waals surface area contributed by atoms with Gasteiger partial charge in [0.25, 0.3) is 5.91 Å². The van der Waals surface area contributed by atoms with Gasteiger partial charge in [-0.25, -0.2) is 4.52 Å². The van der Waals surface area contributed by atoms with Crippen molar-refractivity contribution in [3.8, 4) is 11.1 Å². The largest absolute Gasteiger partial charge is 0.349 e. The molecule has 7 heteroatoms. The maximum Gasteiger partial charge on any atom is 0.251 e. The summed E-state index contributed by atoms with van der Waals surface area (Å²) >= 11 is 0. The summed E-state index contributed by atoms with van der Waals surface area (Å²) in [6.45, 7) is 4.23. The molecular formula is C28H32N6O. The molecular weight excluding hydrogens is 436 g/mol. The van der Waals surface area contributed by atoms with Crippen molar-refractivity contribution in [2.24, 2.45) is 0 Å². The summed E-state index contributed by atoms with van der Waals surface area (Å²) < 4.78 is 1.79. The third kappa shape index (κ3) is 5.35. The molecule has 1 aliphatic heterocycles. The summed E-state index contributed by atoms with van der Waals surface area (Å²) in [5.41, 5.74) is 5.79. The van der Waals surface area contributed by atoms with Crippen molar-refractivity contribution in [3.05, 3.63) is 78.0 Å². The van der Waals surface area contributed by atoms with Gasteiger partial charge in [0.2, 0.25) is 5.95 Å². The van der Waals surface area contributed by atoms with Crippen molar-refractivity contribution in [3.63, 3.8) is 0 Å². The number of carbonyl (C=O) groups is 1. The standard InChI is InChI=1S/C28H32N6O/c1-3-5-20-7-9-21(10-8-20)25-6-4-17-34-26(25)31-28(32-34)30-23-13-11-22(12-14-23)27(35)29-24-15-18-33(2)19-16-24/h4,6-14,17,24H,3,5,15-16,18-19H2,1-2H3,(H,29,35)(H,30,32). The van der Waals surface area contributed by atoms with E-state index in [1.807, 2.05) is 36.5 Å². The molecule has 0 aliphatic carbocycles. The van der Waals surface area contributed by atoms with Gasteiger partial charge in [0.1, 0.15) is 0 Å². The second-order valence-electron chi connectivity index (χ2n) is 9.33. The summed E-state index contributed by atoms with van der Waals surface area (Å²) in [4.78, 5) is 19.7. The molecule has 7 nitrogen and oxygen atoms in total. The molecule has 1 aliphatic rings. The highest BCUT2D eigenvalue weighted by molar-refractivity contribution is 5.94. The van der Waals surface area contributed by atoms with E-state index in [0.29, 0.717) is 11.5 Å². The highest BCUT2D eigenvalue weighted by Gasteiger charge is 2.19. The van der Waals surface area contributed by atoms with E-state index in [1.165, 1.54) is 5.56 Å². The number of likely N-dealkylation sites (tertiary alicyclic amines) is 1. The lowest BCUT2D eigenvalue weighted by Crippen LogP contribution is -2.43. The quantitative estimate of drug-likeness (QED) is 0.403. The summed E-state index contributed by atoms with van der Waals surface area (Å²) in [5.74, 6) is 0.495. The van der Waals surface area contributed by atoms with Crippen molar-refractivity contribution < 1.29 is 4.79 Å². The first-order valence-electron chi connectivity index (χ1n) is 12.4. The minimum atomic E-state index is -0.0217. The van der Waals surface area contributed by atoms with Crippen molar-refractivity contribution in [2.45, 2.75) is 38.6 Å². The zero-order valence-electron chi connectivity index (χ0n) is 20.4. The molecule has 0 atom stereocenters. The average Bonchev–Trinajstić information content (AvgIpc) is 3.29. The Morgan fingerprint density at radius 3 is 2.49 bits per heavy atom. The smallest absolute Gasteiger partial charge is 0.251 e. The molecule has 5 rings (SSSR count). The van der Waals surface area contributed by atoms with Gasteiger partial charge in [-0.3, -0.25) is 4.79 Å². The molecule has 35 heavy (non-hydrogen) atoms. The Balaban J connectivity index is 1.28. The molecule has 0 bridgehead atoms. The lowest BCUT2D eigenvalue weighted by Gasteiger charge is -2.29. The van der Waals surface area contributed by atoms with Gasteiger partial charge in [0, 0.05) is 29.1 Å². The molecule has 0 saturated carbocycles. The number of aryl methyl sites for hydroxylation is 1. The maximum absolute atomic E-state index is 12.6. The van der Waals surface area contributed by atoms with E-state index in [9.17, 15) is 4.79 Å². The van der Waals surface area contributed by atoms with Crippen LogP contribution in [-0.4, -0.2) is 51.6 Å². The molecule has 3 heterocycles. The molecule has 2 N–H and O–H groups in total. The molecule has 1 amide bonds. The number of amides is 1. The number of rotatable bonds is 7. The molecule has 2 aromatic heterocycles. The van der Waals surface area contributed by atoms with Crippen LogP contribution in [0.1, 0.15) is 42.1 Å². The fourth-order valence-corrected chi connectivity index (χ4v) is 4.58. The van der Waals surface area contributed by atoms with Crippen molar-refractivity contribution in [2.75, 3.05) is 25.5 Å². The van der Waals surface area contributed by atoms with Crippen LogP contribution >= 0.6 is 0 Å². The number of anilines is 2. The second-order valence-corrected chi connectivity index (χ2v) is 9.33. The van der Waals surface area contributed by atoms with Crippen LogP contribution in [0.15, 0.2) is 66.9 Å². The number of hydrogen-bond acceptors (Lipinski definition) is 5. The molecule has 1 saturated heterocycles. The lowest BCUT2D eigenvalue weighted by atomic mass is 10.0. The van der Waals surface area contributed by atoms with E-state index in [0.717, 1.165) is 61.2 Å². The molecule has 0 unspecified atom stereocenters. The minimum absolute atomic E-state index is 0.0217. The van der Waals surface area contributed by atoms with Gasteiger partial charge < -0.3 is 15.5 Å². The minimum Gasteiger partial charge on any atom is -0.349 e. The number of fused-ring (bicyclic) bond motifs is 1. The number of pyridine rings is 1. The normalized spacial score (nSPS) is 14.8. The molecule has 2 aromatic carbocycles. The molecule has 180 valence electrons. The van der Waals surface area contributed by atoms with Crippen LogP contribution in [0.25, 0.3) is 16.8 Å². The summed E-state index contributed by atoms with van der Waals surface area (Å²) in [7, 11) is 2.12. The van der Waals surface area contributed by atoms with Crippen LogP contribution in [0.5, 0.6) is 0 Å². The number of carbonyl (C=O) groups excluding carboxylic acids is 1. The van der Waals surface area contributed by atoms with E-state index in [4.69, 9.17) is 4.98 Å². The monoisotopic (exact) mass is 468 g/mol. The summed E-state index contributed by atoms with van der Waals surface area (Å²) in [6, 6.07) is 20.4. The summed E-state index contributed by atoms with van der Waals surface area (Å²) in [5, 5.41) is 11.0. The molecule has 1 fully saturated rings. The van der Waals surface area contributed by atoms with Crippen LogP contribution in [-0.2, 0) is 6.42 Å². The zero-order valence-corrected chi connectivity index (χ0v) is 20.4. The van der Waals surface area contributed by atoms with Gasteiger partial charge in [0.15, 0.2) is 5.65 Å². The Labute approximate surface area is 206 Å². The number of nitrogens with zero attached hydrogens (tertiary/aromatic N) is 4. The van der Waals surface area contributed by atoms with Crippen LogP contribution < -0.4 is 10.6 Å². The average molecular weight is 469 g/mol. The predicted octanol–water partition coefficient (Wildman–Crippen LogP) is 4.92. The number of piperidine rings is 1. The fraction of sp³-hybridized carbons (Fsp3) is 0.321. The molecule has 0 spiro atoms. The Kier molecular flexibility index (Phi) is 6.77. The Morgan fingerprint density at radius 1 is 1.03 bits per heavy atom. The highest BCUT2D eigenvalue weighted by atomic mass is 16.1. The van der Waals surface area contributed by atoms with Crippen molar-refractivity contribution >= 4 is 23.2 Å². The van der Waals surface area contributed by atoms with Gasteiger partial charge in [-0.15, -0.1) is 5.10 Å². The second kappa shape index (κ2) is 10.3. The summed E-state index contributed by atoms with van der Waals surface area (Å²) in [6.07, 6.45) is 6.11. The van der Waals surface area contributed by atoms with Crippen LogP contribution in [0.2, 0.25) is 0 Å². The predicted molar refractivity (Wildman–Crippen MR) is 140 cm³/mol. The number of nitrogens with one attached hydrogen (secondary N) is 2. The van der Waals surface area contributed by atoms with Crippen LogP contribution in [0, 0.1) is 0 Å². The number of aromatic nitrogens is 3. The van der Waals surface area contributed by atoms with Crippen LogP contribution in [0.3, 0.4) is 0 Å². The van der Waals surface area contributed by atoms with Gasteiger partial charge in [-0.05, 0) is 86.9 Å². The lowest BCUT2D eigenvalue weighted by molar-refractivity contribution is 0.0917. The highest BCUT2D eigenvalue weighted by Crippen LogP contribution is 2.26. The van der Waals surface area contributed by atoms with E-state index in [2.05, 4.69) is 64.9 Å². The van der Waals surface area contributed by atoms with Gasteiger partial charge in [-0.2, -0.15) is 4.98 Å². The van der Waals surface area contributed by atoms with E-state index in [1.54, 1.807) is 4.52 Å². The maximum atomic E-state index is 12.6. The van der Waals surface area contributed by atoms with Gasteiger partial charge in [-0.1, -0.05) is 37.6 Å². The zero-order chi connectivity index (χ0) is 24.2. The topological polar surface area (TPSA) is 74.6 Å². The third-order valence-corrected chi connectivity index (χ3v) is 6.62. The van der Waals surface area contributed by atoms with Crippen molar-refractivity contribution in [1.29, 1.82) is 0 Å². The Hall–Kier alpha value is -3.71. The van der Waals surface area contributed by atoms with E-state index < -0.39 is 0 Å². The van der Waals surface area contributed by atoms with E-state index in [-0.39, 0.29) is 11.9 Å². The fourth-order valence-electron chi connectivity index (χ4n) is 4.58. The van der Waals surface area contributed by atoms with Gasteiger partial charge >= 0.3 is 0 Å². The SMILES string of the molecule is CCCc1ccc(-c2cccn3nc(Nc4ccc(C(=O)NC5CCN(C)CC5)cc4)nc23)cc1. The third-order valence-electron chi connectivity index (χ3n) is 6.62. The Morgan fingerprint density at radius 2 is 1.77 bits per heavy atom. The number of hydrogen-bond donors (Lipinski definition) is 2. The van der Waals surface area contributed by atoms with Crippen LogP contribution in [0.4, 0.5) is 11.6 Å². The van der Waals surface area contributed by atoms with E-state index >= 15 is 0 Å². The molecule has 4 aromatic rings. The van der Waals surface area contributed by atoms with Gasteiger partial charge in [0.05, 0.1) is 0 Å². The molecule has 0 radical (unpaired) electrons.